The number of thiocarbonyl (C=S) groups is 1. The Kier molecular flexibility index (Phi) is 5.53. The van der Waals surface area contributed by atoms with Gasteiger partial charge in [0.1, 0.15) is 23.2 Å². The summed E-state index contributed by atoms with van der Waals surface area (Å²) < 4.78 is 17.4. The number of amides is 1. The number of anilines is 2. The van der Waals surface area contributed by atoms with Crippen LogP contribution in [0, 0.1) is 5.92 Å². The standard InChI is InChI=1S/C26H25N3O4S/c1-26-22(24(30)27-16-12-14-17(31-2)15-13-16)23(18-8-4-6-10-20(18)33-26)28-25(34)29(26)19-9-5-7-11-21(19)32-3/h4-15,22-23H,1-3H3,(H,27,30)(H,28,34)/t22-,23-,26-/m0/s1. The van der Waals surface area contributed by atoms with E-state index >= 15 is 0 Å². The second kappa shape index (κ2) is 8.53. The Morgan fingerprint density at radius 3 is 2.47 bits per heavy atom. The van der Waals surface area contributed by atoms with Gasteiger partial charge in [0.05, 0.1) is 25.9 Å². The van der Waals surface area contributed by atoms with E-state index in [4.69, 9.17) is 26.4 Å². The maximum Gasteiger partial charge on any atom is 0.236 e. The molecule has 0 saturated carbocycles. The topological polar surface area (TPSA) is 72.1 Å². The zero-order valence-corrected chi connectivity index (χ0v) is 19.9. The summed E-state index contributed by atoms with van der Waals surface area (Å²) in [5.74, 6) is 1.22. The minimum Gasteiger partial charge on any atom is -0.497 e. The number of para-hydroxylation sites is 3. The van der Waals surface area contributed by atoms with E-state index in [-0.39, 0.29) is 11.9 Å². The Labute approximate surface area is 203 Å². The summed E-state index contributed by atoms with van der Waals surface area (Å²) in [6.45, 7) is 1.90. The lowest BCUT2D eigenvalue weighted by molar-refractivity contribution is -0.130. The number of nitrogens with zero attached hydrogens (tertiary/aromatic N) is 1. The van der Waals surface area contributed by atoms with Gasteiger partial charge in [-0.25, -0.2) is 0 Å². The van der Waals surface area contributed by atoms with Crippen LogP contribution < -0.4 is 29.7 Å². The van der Waals surface area contributed by atoms with Crippen LogP contribution in [0.2, 0.25) is 0 Å². The summed E-state index contributed by atoms with van der Waals surface area (Å²) in [6, 6.07) is 22.1. The lowest BCUT2D eigenvalue weighted by Crippen LogP contribution is -2.72. The molecule has 8 heteroatoms. The molecule has 2 aliphatic rings. The van der Waals surface area contributed by atoms with E-state index in [0.717, 1.165) is 5.56 Å². The summed E-state index contributed by atoms with van der Waals surface area (Å²) >= 11 is 5.80. The molecule has 1 fully saturated rings. The van der Waals surface area contributed by atoms with Gasteiger partial charge in [0.15, 0.2) is 10.8 Å². The molecule has 2 N–H and O–H groups in total. The number of ether oxygens (including phenoxy) is 3. The van der Waals surface area contributed by atoms with Crippen LogP contribution in [0.1, 0.15) is 18.5 Å². The summed E-state index contributed by atoms with van der Waals surface area (Å²) in [7, 11) is 3.21. The average Bonchev–Trinajstić information content (AvgIpc) is 2.84. The molecular weight excluding hydrogens is 450 g/mol. The minimum atomic E-state index is -1.12. The molecule has 3 atom stereocenters. The second-order valence-electron chi connectivity index (χ2n) is 8.32. The van der Waals surface area contributed by atoms with Crippen LogP contribution in [0.25, 0.3) is 0 Å². The molecule has 3 aromatic rings. The summed E-state index contributed by atoms with van der Waals surface area (Å²) in [5, 5.41) is 6.91. The van der Waals surface area contributed by atoms with Crippen LogP contribution in [-0.2, 0) is 4.79 Å². The van der Waals surface area contributed by atoms with Gasteiger partial charge in [-0.2, -0.15) is 0 Å². The van der Waals surface area contributed by atoms with Crippen LogP contribution in [0.5, 0.6) is 17.2 Å². The zero-order chi connectivity index (χ0) is 23.9. The largest absolute Gasteiger partial charge is 0.497 e. The van der Waals surface area contributed by atoms with Crippen LogP contribution in [0.4, 0.5) is 11.4 Å². The lowest BCUT2D eigenvalue weighted by atomic mass is 9.78. The number of hydrogen-bond acceptors (Lipinski definition) is 5. The predicted octanol–water partition coefficient (Wildman–Crippen LogP) is 4.50. The molecule has 3 aromatic carbocycles. The Morgan fingerprint density at radius 2 is 1.74 bits per heavy atom. The Balaban J connectivity index is 1.60. The Hall–Kier alpha value is -3.78. The summed E-state index contributed by atoms with van der Waals surface area (Å²) in [4.78, 5) is 15.7. The number of carbonyl (C=O) groups excluding carboxylic acids is 1. The first-order chi connectivity index (χ1) is 16.5. The van der Waals surface area contributed by atoms with Gasteiger partial charge in [0, 0.05) is 11.3 Å². The normalized spacial score (nSPS) is 22.7. The average molecular weight is 476 g/mol. The molecule has 34 heavy (non-hydrogen) atoms. The summed E-state index contributed by atoms with van der Waals surface area (Å²) in [6.07, 6.45) is 0. The highest BCUT2D eigenvalue weighted by molar-refractivity contribution is 7.80. The molecule has 0 spiro atoms. The van der Waals surface area contributed by atoms with E-state index < -0.39 is 11.6 Å². The van der Waals surface area contributed by atoms with E-state index in [1.807, 2.05) is 72.5 Å². The fraction of sp³-hybridized carbons (Fsp3) is 0.231. The highest BCUT2D eigenvalue weighted by Gasteiger charge is 2.59. The first-order valence-corrected chi connectivity index (χ1v) is 11.3. The van der Waals surface area contributed by atoms with E-state index in [9.17, 15) is 4.79 Å². The van der Waals surface area contributed by atoms with Crippen LogP contribution in [-0.4, -0.2) is 31.0 Å². The lowest BCUT2D eigenvalue weighted by Gasteiger charge is -2.56. The summed E-state index contributed by atoms with van der Waals surface area (Å²) in [5.41, 5.74) is 1.15. The first kappa shape index (κ1) is 22.0. The van der Waals surface area contributed by atoms with E-state index in [1.165, 1.54) is 0 Å². The fourth-order valence-corrected chi connectivity index (χ4v) is 5.21. The second-order valence-corrected chi connectivity index (χ2v) is 8.71. The Bertz CT molecular complexity index is 1250. The first-order valence-electron chi connectivity index (χ1n) is 10.9. The molecule has 1 amide bonds. The molecule has 0 aromatic heterocycles. The number of rotatable bonds is 5. The van der Waals surface area contributed by atoms with Gasteiger partial charge in [-0.15, -0.1) is 0 Å². The molecule has 174 valence electrons. The zero-order valence-electron chi connectivity index (χ0n) is 19.1. The molecule has 2 aliphatic heterocycles. The van der Waals surface area contributed by atoms with Gasteiger partial charge < -0.3 is 24.8 Å². The smallest absolute Gasteiger partial charge is 0.236 e. The van der Waals surface area contributed by atoms with E-state index in [0.29, 0.717) is 33.7 Å². The number of hydrogen-bond donors (Lipinski definition) is 2. The van der Waals surface area contributed by atoms with Gasteiger partial charge in [0.2, 0.25) is 5.91 Å². The van der Waals surface area contributed by atoms with Crippen molar-refractivity contribution in [2.45, 2.75) is 18.7 Å². The SMILES string of the molecule is COc1ccc(NC(=O)[C@@H]2[C@H]3NC(=S)N(c4ccccc4OC)[C@@]2(C)Oc2ccccc23)cc1. The Morgan fingerprint density at radius 1 is 1.03 bits per heavy atom. The molecule has 0 aliphatic carbocycles. The molecule has 1 saturated heterocycles. The van der Waals surface area contributed by atoms with Gasteiger partial charge in [-0.3, -0.25) is 9.69 Å². The number of methoxy groups -OCH3 is 2. The number of fused-ring (bicyclic) bond motifs is 4. The maximum absolute atomic E-state index is 13.8. The van der Waals surface area contributed by atoms with Crippen molar-refractivity contribution in [3.63, 3.8) is 0 Å². The van der Waals surface area contributed by atoms with Crippen molar-refractivity contribution < 1.29 is 19.0 Å². The molecule has 7 nitrogen and oxygen atoms in total. The van der Waals surface area contributed by atoms with E-state index in [1.54, 1.807) is 26.4 Å². The quantitative estimate of drug-likeness (QED) is 0.527. The fourth-order valence-electron chi connectivity index (χ4n) is 4.80. The third-order valence-corrected chi connectivity index (χ3v) is 6.67. The molecule has 5 rings (SSSR count). The van der Waals surface area contributed by atoms with Gasteiger partial charge >= 0.3 is 0 Å². The van der Waals surface area contributed by atoms with Crippen LogP contribution in [0.3, 0.4) is 0 Å². The third-order valence-electron chi connectivity index (χ3n) is 6.37. The molecule has 0 unspecified atom stereocenters. The highest BCUT2D eigenvalue weighted by atomic mass is 32.1. The minimum absolute atomic E-state index is 0.193. The predicted molar refractivity (Wildman–Crippen MR) is 135 cm³/mol. The highest BCUT2D eigenvalue weighted by Crippen LogP contribution is 2.50. The van der Waals surface area contributed by atoms with E-state index in [2.05, 4.69) is 10.6 Å². The number of carbonyl (C=O) groups is 1. The number of benzene rings is 3. The monoisotopic (exact) mass is 475 g/mol. The number of nitrogens with one attached hydrogen (secondary N) is 2. The van der Waals surface area contributed by atoms with Crippen molar-refractivity contribution in [3.05, 3.63) is 78.4 Å². The van der Waals surface area contributed by atoms with Crippen LogP contribution >= 0.6 is 12.2 Å². The van der Waals surface area contributed by atoms with Gasteiger partial charge in [-0.05, 0) is 61.6 Å². The van der Waals surface area contributed by atoms with Gasteiger partial charge in [-0.1, -0.05) is 30.3 Å². The van der Waals surface area contributed by atoms with Crippen LogP contribution in [0.15, 0.2) is 72.8 Å². The van der Waals surface area contributed by atoms with Crippen molar-refractivity contribution in [2.75, 3.05) is 24.4 Å². The van der Waals surface area contributed by atoms with Crippen molar-refractivity contribution in [3.8, 4) is 17.2 Å². The molecule has 2 bridgehead atoms. The van der Waals surface area contributed by atoms with Crippen molar-refractivity contribution in [2.24, 2.45) is 5.92 Å². The van der Waals surface area contributed by atoms with Crippen molar-refractivity contribution in [1.82, 2.24) is 5.32 Å². The van der Waals surface area contributed by atoms with Crippen molar-refractivity contribution in [1.29, 1.82) is 0 Å². The molecule has 0 radical (unpaired) electrons. The van der Waals surface area contributed by atoms with Gasteiger partial charge in [0.25, 0.3) is 0 Å². The molecular formula is C26H25N3O4S. The van der Waals surface area contributed by atoms with Crippen molar-refractivity contribution >= 4 is 34.6 Å². The maximum atomic E-state index is 13.8. The third kappa shape index (κ3) is 3.51. The molecule has 2 heterocycles.